The fraction of sp³-hybridized carbons (Fsp3) is 0.538. The van der Waals surface area contributed by atoms with Crippen LogP contribution in [-0.4, -0.2) is 17.4 Å². The van der Waals surface area contributed by atoms with Crippen LogP contribution in [0.2, 0.25) is 0 Å². The lowest BCUT2D eigenvalue weighted by Gasteiger charge is -2.13. The van der Waals surface area contributed by atoms with Crippen LogP contribution in [0.1, 0.15) is 25.8 Å². The number of hydrogen-bond donors (Lipinski definition) is 0. The van der Waals surface area contributed by atoms with Crippen LogP contribution in [-0.2, 0) is 6.42 Å². The molecule has 0 radical (unpaired) electrons. The van der Waals surface area contributed by atoms with Crippen molar-refractivity contribution in [3.05, 3.63) is 33.9 Å². The maximum Gasteiger partial charge on any atom is 0.311 e. The van der Waals surface area contributed by atoms with E-state index in [2.05, 4.69) is 13.8 Å². The van der Waals surface area contributed by atoms with E-state index in [0.717, 1.165) is 18.4 Å². The molecule has 0 heterocycles. The van der Waals surface area contributed by atoms with Crippen LogP contribution < -0.4 is 4.74 Å². The normalized spacial score (nSPS) is 12.5. The summed E-state index contributed by atoms with van der Waals surface area (Å²) in [6, 6.07) is 5.03. The monoisotopic (exact) mass is 271 g/mol. The van der Waals surface area contributed by atoms with Crippen molar-refractivity contribution in [3.63, 3.8) is 0 Å². The zero-order valence-electron chi connectivity index (χ0n) is 10.9. The molecule has 0 aliphatic rings. The maximum absolute atomic E-state index is 10.9. The van der Waals surface area contributed by atoms with E-state index in [4.69, 9.17) is 16.3 Å². The molecular weight excluding hydrogens is 254 g/mol. The molecule has 1 rings (SSSR count). The van der Waals surface area contributed by atoms with Gasteiger partial charge in [0.15, 0.2) is 5.75 Å². The van der Waals surface area contributed by atoms with Gasteiger partial charge in [0.25, 0.3) is 0 Å². The van der Waals surface area contributed by atoms with Gasteiger partial charge >= 0.3 is 5.69 Å². The Labute approximate surface area is 112 Å². The second-order valence-electron chi connectivity index (χ2n) is 4.56. The van der Waals surface area contributed by atoms with Gasteiger partial charge in [-0.3, -0.25) is 10.1 Å². The number of nitro benzene ring substituents is 1. The van der Waals surface area contributed by atoms with E-state index in [-0.39, 0.29) is 16.8 Å². The number of halogens is 1. The molecule has 1 unspecified atom stereocenters. The third-order valence-electron chi connectivity index (χ3n) is 2.87. The summed E-state index contributed by atoms with van der Waals surface area (Å²) < 4.78 is 4.96. The highest BCUT2D eigenvalue weighted by Gasteiger charge is 2.16. The van der Waals surface area contributed by atoms with Crippen LogP contribution in [0.15, 0.2) is 18.2 Å². The second kappa shape index (κ2) is 6.59. The smallest absolute Gasteiger partial charge is 0.311 e. The molecule has 18 heavy (non-hydrogen) atoms. The number of alkyl halides is 1. The van der Waals surface area contributed by atoms with Crippen molar-refractivity contribution < 1.29 is 9.66 Å². The van der Waals surface area contributed by atoms with Crippen molar-refractivity contribution in [2.75, 3.05) is 7.11 Å². The summed E-state index contributed by atoms with van der Waals surface area (Å²) in [4.78, 5) is 10.5. The highest BCUT2D eigenvalue weighted by molar-refractivity contribution is 6.20. The number of rotatable bonds is 6. The van der Waals surface area contributed by atoms with E-state index in [9.17, 15) is 10.1 Å². The van der Waals surface area contributed by atoms with E-state index >= 15 is 0 Å². The summed E-state index contributed by atoms with van der Waals surface area (Å²) in [7, 11) is 1.43. The molecule has 0 saturated carbocycles. The summed E-state index contributed by atoms with van der Waals surface area (Å²) in [5, 5.41) is 11.0. The zero-order valence-corrected chi connectivity index (χ0v) is 11.6. The molecule has 1 aromatic carbocycles. The van der Waals surface area contributed by atoms with Crippen LogP contribution in [0.4, 0.5) is 5.69 Å². The third-order valence-corrected chi connectivity index (χ3v) is 3.59. The number of nitro groups is 1. The van der Waals surface area contributed by atoms with Gasteiger partial charge in [0.1, 0.15) is 0 Å². The third kappa shape index (κ3) is 3.88. The Kier molecular flexibility index (Phi) is 5.41. The highest BCUT2D eigenvalue weighted by atomic mass is 35.5. The first-order valence-corrected chi connectivity index (χ1v) is 6.34. The van der Waals surface area contributed by atoms with Gasteiger partial charge in [0, 0.05) is 11.4 Å². The molecule has 0 bridgehead atoms. The largest absolute Gasteiger partial charge is 0.490 e. The number of aryl methyl sites for hydroxylation is 1. The standard InChI is InChI=1S/C13H18ClNO3/c1-9(2)11(14)6-4-10-5-7-13(18-3)12(8-10)15(16)17/h5,7-9,11H,4,6H2,1-3H3. The molecule has 0 aliphatic carbocycles. The van der Waals surface area contributed by atoms with Crippen molar-refractivity contribution >= 4 is 17.3 Å². The van der Waals surface area contributed by atoms with Crippen LogP contribution in [0.25, 0.3) is 0 Å². The summed E-state index contributed by atoms with van der Waals surface area (Å²) >= 11 is 6.17. The number of nitrogens with zero attached hydrogens (tertiary/aromatic N) is 1. The Balaban J connectivity index is 2.79. The maximum atomic E-state index is 10.9. The van der Waals surface area contributed by atoms with Crippen LogP contribution in [0.3, 0.4) is 0 Å². The van der Waals surface area contributed by atoms with E-state index < -0.39 is 4.92 Å². The van der Waals surface area contributed by atoms with Crippen molar-refractivity contribution in [1.82, 2.24) is 0 Å². The molecule has 4 nitrogen and oxygen atoms in total. The second-order valence-corrected chi connectivity index (χ2v) is 5.12. The van der Waals surface area contributed by atoms with Gasteiger partial charge in [-0.2, -0.15) is 0 Å². The predicted molar refractivity (Wildman–Crippen MR) is 72.4 cm³/mol. The number of ether oxygens (including phenoxy) is 1. The topological polar surface area (TPSA) is 52.4 Å². The molecule has 1 aromatic rings. The molecule has 1 atom stereocenters. The molecule has 0 amide bonds. The number of benzene rings is 1. The number of hydrogen-bond acceptors (Lipinski definition) is 3. The molecule has 0 spiro atoms. The molecule has 5 heteroatoms. The van der Waals surface area contributed by atoms with Gasteiger partial charge in [-0.25, -0.2) is 0 Å². The summed E-state index contributed by atoms with van der Waals surface area (Å²) in [5.41, 5.74) is 0.916. The quantitative estimate of drug-likeness (QED) is 0.449. The Morgan fingerprint density at radius 3 is 2.61 bits per heavy atom. The lowest BCUT2D eigenvalue weighted by Crippen LogP contribution is -2.08. The minimum atomic E-state index is -0.428. The first kappa shape index (κ1) is 14.8. The van der Waals surface area contributed by atoms with Gasteiger partial charge in [-0.15, -0.1) is 11.6 Å². The van der Waals surface area contributed by atoms with Gasteiger partial charge in [0.2, 0.25) is 0 Å². The van der Waals surface area contributed by atoms with E-state index in [1.807, 2.05) is 6.07 Å². The predicted octanol–water partition coefficient (Wildman–Crippen LogP) is 3.80. The van der Waals surface area contributed by atoms with Crippen molar-refractivity contribution in [1.29, 1.82) is 0 Å². The fourth-order valence-electron chi connectivity index (χ4n) is 1.67. The van der Waals surface area contributed by atoms with Crippen molar-refractivity contribution in [2.45, 2.75) is 32.1 Å². The van der Waals surface area contributed by atoms with Crippen molar-refractivity contribution in [3.8, 4) is 5.75 Å². The first-order chi connectivity index (χ1) is 8.45. The minimum absolute atomic E-state index is 0.00525. The Hall–Kier alpha value is -1.29. The average Bonchev–Trinajstić information content (AvgIpc) is 2.35. The molecule has 0 aromatic heterocycles. The van der Waals surface area contributed by atoms with Gasteiger partial charge < -0.3 is 4.74 Å². The molecule has 0 aliphatic heterocycles. The summed E-state index contributed by atoms with van der Waals surface area (Å²) in [6.45, 7) is 4.13. The van der Waals surface area contributed by atoms with E-state index in [1.165, 1.54) is 7.11 Å². The molecular formula is C13H18ClNO3. The average molecular weight is 272 g/mol. The lowest BCUT2D eigenvalue weighted by molar-refractivity contribution is -0.385. The molecule has 0 N–H and O–H groups in total. The van der Waals surface area contributed by atoms with E-state index in [0.29, 0.717) is 5.92 Å². The fourth-order valence-corrected chi connectivity index (χ4v) is 1.78. The minimum Gasteiger partial charge on any atom is -0.490 e. The Morgan fingerprint density at radius 1 is 1.44 bits per heavy atom. The lowest BCUT2D eigenvalue weighted by atomic mass is 10.0. The first-order valence-electron chi connectivity index (χ1n) is 5.91. The molecule has 100 valence electrons. The Morgan fingerprint density at radius 2 is 2.11 bits per heavy atom. The molecule has 0 saturated heterocycles. The summed E-state index contributed by atoms with van der Waals surface area (Å²) in [5.74, 6) is 0.690. The SMILES string of the molecule is COc1ccc(CCC(Cl)C(C)C)cc1[N+](=O)[O-]. The number of methoxy groups -OCH3 is 1. The van der Waals surface area contributed by atoms with Crippen LogP contribution in [0, 0.1) is 16.0 Å². The van der Waals surface area contributed by atoms with Crippen LogP contribution >= 0.6 is 11.6 Å². The summed E-state index contributed by atoms with van der Waals surface area (Å²) in [6.07, 6.45) is 1.54. The van der Waals surface area contributed by atoms with Gasteiger partial charge in [-0.1, -0.05) is 19.9 Å². The van der Waals surface area contributed by atoms with Crippen LogP contribution in [0.5, 0.6) is 5.75 Å². The highest BCUT2D eigenvalue weighted by Crippen LogP contribution is 2.28. The van der Waals surface area contributed by atoms with Gasteiger partial charge in [-0.05, 0) is 30.4 Å². The Bertz CT molecular complexity index is 421. The zero-order chi connectivity index (χ0) is 13.7. The van der Waals surface area contributed by atoms with Gasteiger partial charge in [0.05, 0.1) is 12.0 Å². The van der Waals surface area contributed by atoms with Crippen molar-refractivity contribution in [2.24, 2.45) is 5.92 Å². The van der Waals surface area contributed by atoms with E-state index in [1.54, 1.807) is 12.1 Å². The molecule has 0 fully saturated rings.